The summed E-state index contributed by atoms with van der Waals surface area (Å²) in [5.74, 6) is 0.351. The van der Waals surface area contributed by atoms with Crippen LogP contribution in [-0.2, 0) is 19.1 Å². The first-order valence-corrected chi connectivity index (χ1v) is 14.0. The van der Waals surface area contributed by atoms with E-state index in [-0.39, 0.29) is 24.1 Å². The number of hydrogen-bond acceptors (Lipinski definition) is 7. The van der Waals surface area contributed by atoms with Gasteiger partial charge in [-0.15, -0.1) is 0 Å². The maximum absolute atomic E-state index is 15.0. The van der Waals surface area contributed by atoms with Gasteiger partial charge in [-0.25, -0.2) is 4.39 Å². The summed E-state index contributed by atoms with van der Waals surface area (Å²) >= 11 is 0. The minimum absolute atomic E-state index is 0.0939. The Kier molecular flexibility index (Phi) is 10.9. The molecular formula is C29H45FN4O4. The van der Waals surface area contributed by atoms with Gasteiger partial charge in [-0.1, -0.05) is 0 Å². The Balaban J connectivity index is 1.43. The lowest BCUT2D eigenvalue weighted by Crippen LogP contribution is -2.42. The molecule has 1 amide bonds. The van der Waals surface area contributed by atoms with Gasteiger partial charge in [-0.3, -0.25) is 9.59 Å². The summed E-state index contributed by atoms with van der Waals surface area (Å²) in [5, 5.41) is 5.63. The van der Waals surface area contributed by atoms with Gasteiger partial charge in [0.2, 0.25) is 5.91 Å². The summed E-state index contributed by atoms with van der Waals surface area (Å²) in [6.07, 6.45) is 5.98. The second-order valence-electron chi connectivity index (χ2n) is 11.7. The van der Waals surface area contributed by atoms with Crippen molar-refractivity contribution in [1.29, 1.82) is 0 Å². The number of carbonyl (C=O) groups excluding carboxylic acids is 3. The minimum atomic E-state index is -0.589. The third-order valence-corrected chi connectivity index (χ3v) is 7.48. The highest BCUT2D eigenvalue weighted by Gasteiger charge is 2.28. The number of esters is 1. The van der Waals surface area contributed by atoms with Gasteiger partial charge in [0.05, 0.1) is 5.69 Å². The molecule has 2 heterocycles. The minimum Gasteiger partial charge on any atom is -0.460 e. The van der Waals surface area contributed by atoms with Gasteiger partial charge >= 0.3 is 5.97 Å². The standard InChI is InChI=1S/C29H45FN4O4/c1-29(2,3)38-27(36)18-21-9-13-33(14-10-21)20-22-11-15-34(16-12-22)26-8-7-23(19-24(26)30)32-25(6-5-17-35)28(37)31-4/h7-8,17,19,21-22,25,32H,5-6,9-16,18,20H2,1-4H3,(H,31,37). The first-order valence-electron chi connectivity index (χ1n) is 14.0. The molecule has 8 nitrogen and oxygen atoms in total. The molecule has 0 bridgehead atoms. The van der Waals surface area contributed by atoms with Crippen LogP contribution in [0.15, 0.2) is 18.2 Å². The Bertz CT molecular complexity index is 935. The fraction of sp³-hybridized carbons (Fsp3) is 0.690. The zero-order valence-electron chi connectivity index (χ0n) is 23.4. The number of anilines is 2. The maximum Gasteiger partial charge on any atom is 0.306 e. The second-order valence-corrected chi connectivity index (χ2v) is 11.7. The van der Waals surface area contributed by atoms with Crippen LogP contribution in [0.3, 0.4) is 0 Å². The quantitative estimate of drug-likeness (QED) is 0.329. The van der Waals surface area contributed by atoms with Crippen molar-refractivity contribution in [3.8, 4) is 0 Å². The Hall–Kier alpha value is -2.68. The molecule has 3 rings (SSSR count). The largest absolute Gasteiger partial charge is 0.460 e. The molecule has 0 spiro atoms. The van der Waals surface area contributed by atoms with Crippen molar-refractivity contribution in [2.75, 3.05) is 50.0 Å². The Morgan fingerprint density at radius 2 is 1.76 bits per heavy atom. The summed E-state index contributed by atoms with van der Waals surface area (Å²) in [4.78, 5) is 39.6. The summed E-state index contributed by atoms with van der Waals surface area (Å²) in [6.45, 7) is 10.4. The lowest BCUT2D eigenvalue weighted by atomic mass is 9.91. The normalized spacial score (nSPS) is 18.6. The number of piperidine rings is 2. The number of aldehydes is 1. The predicted molar refractivity (Wildman–Crippen MR) is 148 cm³/mol. The van der Waals surface area contributed by atoms with Gasteiger partial charge in [-0.2, -0.15) is 0 Å². The van der Waals surface area contributed by atoms with Crippen LogP contribution in [0, 0.1) is 17.7 Å². The molecule has 9 heteroatoms. The van der Waals surface area contributed by atoms with Crippen LogP contribution < -0.4 is 15.5 Å². The number of rotatable bonds is 11. The van der Waals surface area contributed by atoms with Crippen LogP contribution in [0.5, 0.6) is 0 Å². The van der Waals surface area contributed by atoms with Crippen LogP contribution >= 0.6 is 0 Å². The van der Waals surface area contributed by atoms with Crippen molar-refractivity contribution in [3.05, 3.63) is 24.0 Å². The molecular weight excluding hydrogens is 487 g/mol. The summed E-state index contributed by atoms with van der Waals surface area (Å²) in [5.41, 5.74) is 0.680. The van der Waals surface area contributed by atoms with Crippen molar-refractivity contribution < 1.29 is 23.5 Å². The van der Waals surface area contributed by atoms with Crippen LogP contribution in [0.2, 0.25) is 0 Å². The van der Waals surface area contributed by atoms with Crippen LogP contribution in [0.4, 0.5) is 15.8 Å². The van der Waals surface area contributed by atoms with E-state index in [1.54, 1.807) is 19.2 Å². The molecule has 38 heavy (non-hydrogen) atoms. The summed E-state index contributed by atoms with van der Waals surface area (Å²) in [6, 6.07) is 4.41. The van der Waals surface area contributed by atoms with Crippen molar-refractivity contribution in [1.82, 2.24) is 10.2 Å². The Morgan fingerprint density at radius 3 is 2.34 bits per heavy atom. The van der Waals surface area contributed by atoms with Gasteiger partial charge in [0.1, 0.15) is 23.7 Å². The molecule has 2 N–H and O–H groups in total. The summed E-state index contributed by atoms with van der Waals surface area (Å²) in [7, 11) is 1.54. The fourth-order valence-corrected chi connectivity index (χ4v) is 5.45. The van der Waals surface area contributed by atoms with E-state index in [1.165, 1.54) is 6.07 Å². The van der Waals surface area contributed by atoms with E-state index in [2.05, 4.69) is 20.4 Å². The SMILES string of the molecule is CNC(=O)C(CCC=O)Nc1ccc(N2CCC(CN3CCC(CC(=O)OC(C)(C)C)CC3)CC2)c(F)c1. The maximum atomic E-state index is 15.0. The third-order valence-electron chi connectivity index (χ3n) is 7.48. The van der Waals surface area contributed by atoms with E-state index < -0.39 is 11.6 Å². The number of nitrogens with zero attached hydrogens (tertiary/aromatic N) is 2. The average Bonchev–Trinajstić information content (AvgIpc) is 2.87. The van der Waals surface area contributed by atoms with E-state index >= 15 is 4.39 Å². The van der Waals surface area contributed by atoms with Crippen molar-refractivity contribution >= 4 is 29.5 Å². The lowest BCUT2D eigenvalue weighted by molar-refractivity contribution is -0.156. The molecule has 2 fully saturated rings. The third kappa shape index (κ3) is 9.26. The predicted octanol–water partition coefficient (Wildman–Crippen LogP) is 3.99. The number of nitrogens with one attached hydrogen (secondary N) is 2. The topological polar surface area (TPSA) is 91.0 Å². The molecule has 2 aliphatic heterocycles. The van der Waals surface area contributed by atoms with Gasteiger partial charge in [-0.05, 0) is 96.0 Å². The highest BCUT2D eigenvalue weighted by molar-refractivity contribution is 5.84. The van der Waals surface area contributed by atoms with Crippen LogP contribution in [0.1, 0.15) is 65.7 Å². The van der Waals surface area contributed by atoms with Crippen molar-refractivity contribution in [3.63, 3.8) is 0 Å². The van der Waals surface area contributed by atoms with Gasteiger partial charge in [0.25, 0.3) is 0 Å². The molecule has 1 aromatic carbocycles. The number of likely N-dealkylation sites (N-methyl/N-ethyl adjacent to an activating group) is 1. The van der Waals surface area contributed by atoms with Crippen molar-refractivity contribution in [2.24, 2.45) is 11.8 Å². The molecule has 0 radical (unpaired) electrons. The zero-order valence-corrected chi connectivity index (χ0v) is 23.4. The molecule has 0 aliphatic carbocycles. The number of benzene rings is 1. The molecule has 0 saturated carbocycles. The van der Waals surface area contributed by atoms with E-state index in [4.69, 9.17) is 4.74 Å². The fourth-order valence-electron chi connectivity index (χ4n) is 5.45. The highest BCUT2D eigenvalue weighted by Crippen LogP contribution is 2.30. The number of ether oxygens (including phenoxy) is 1. The lowest BCUT2D eigenvalue weighted by Gasteiger charge is -2.38. The Morgan fingerprint density at radius 1 is 1.11 bits per heavy atom. The first-order chi connectivity index (χ1) is 18.1. The number of carbonyl (C=O) groups is 3. The first kappa shape index (κ1) is 29.9. The molecule has 0 aromatic heterocycles. The Labute approximate surface area is 226 Å². The number of amides is 1. The van der Waals surface area contributed by atoms with Gasteiger partial charge in [0, 0.05) is 45.2 Å². The van der Waals surface area contributed by atoms with Crippen LogP contribution in [0.25, 0.3) is 0 Å². The number of hydrogen-bond donors (Lipinski definition) is 2. The molecule has 1 aromatic rings. The van der Waals surface area contributed by atoms with E-state index in [9.17, 15) is 14.4 Å². The number of likely N-dealkylation sites (tertiary alicyclic amines) is 1. The smallest absolute Gasteiger partial charge is 0.306 e. The highest BCUT2D eigenvalue weighted by atomic mass is 19.1. The van der Waals surface area contributed by atoms with Crippen molar-refractivity contribution in [2.45, 2.75) is 77.4 Å². The van der Waals surface area contributed by atoms with Gasteiger partial charge in [0.15, 0.2) is 0 Å². The molecule has 2 saturated heterocycles. The van der Waals surface area contributed by atoms with E-state index in [0.717, 1.165) is 64.7 Å². The van der Waals surface area contributed by atoms with Crippen LogP contribution in [-0.4, -0.2) is 74.5 Å². The molecule has 2 aliphatic rings. The van der Waals surface area contributed by atoms with Gasteiger partial charge < -0.3 is 30.0 Å². The number of halogens is 1. The monoisotopic (exact) mass is 532 g/mol. The van der Waals surface area contributed by atoms with E-state index in [1.807, 2.05) is 20.8 Å². The molecule has 1 unspecified atom stereocenters. The molecule has 1 atom stereocenters. The van der Waals surface area contributed by atoms with E-state index in [0.29, 0.717) is 36.1 Å². The average molecular weight is 533 g/mol. The zero-order chi connectivity index (χ0) is 27.7. The summed E-state index contributed by atoms with van der Waals surface area (Å²) < 4.78 is 20.5. The second kappa shape index (κ2) is 13.9. The molecule has 212 valence electrons.